The summed E-state index contributed by atoms with van der Waals surface area (Å²) in [5.74, 6) is -1.13. The number of likely N-dealkylation sites (tertiary alicyclic amines) is 1. The third-order valence-electron chi connectivity index (χ3n) is 3.70. The fourth-order valence-corrected chi connectivity index (χ4v) is 2.87. The zero-order chi connectivity index (χ0) is 14.0. The molecule has 6 heteroatoms. The summed E-state index contributed by atoms with van der Waals surface area (Å²) in [6.07, 6.45) is 1.54. The summed E-state index contributed by atoms with van der Waals surface area (Å²) in [4.78, 5) is 24.9. The third kappa shape index (κ3) is 2.96. The molecule has 0 spiro atoms. The number of hydrogen-bond donors (Lipinski definition) is 2. The van der Waals surface area contributed by atoms with Crippen LogP contribution < -0.4 is 0 Å². The number of hydrogen-bond acceptors (Lipinski definition) is 4. The topological polar surface area (TPSA) is 77.8 Å². The number of nitrogens with zero attached hydrogens (tertiary/aromatic N) is 1. The largest absolute Gasteiger partial charge is 0.477 e. The van der Waals surface area contributed by atoms with E-state index in [0.717, 1.165) is 24.2 Å². The van der Waals surface area contributed by atoms with Crippen molar-refractivity contribution in [1.82, 2.24) is 4.90 Å². The van der Waals surface area contributed by atoms with Gasteiger partial charge in [-0.3, -0.25) is 4.79 Å². The van der Waals surface area contributed by atoms with E-state index < -0.39 is 5.97 Å². The number of carboxylic acid groups (broad SMARTS) is 1. The molecule has 1 fully saturated rings. The van der Waals surface area contributed by atoms with Crippen LogP contribution in [-0.2, 0) is 0 Å². The smallest absolute Gasteiger partial charge is 0.345 e. The van der Waals surface area contributed by atoms with E-state index in [1.54, 1.807) is 10.3 Å². The summed E-state index contributed by atoms with van der Waals surface area (Å²) in [5.41, 5.74) is 0.340. The number of thiophene rings is 1. The lowest BCUT2D eigenvalue weighted by atomic mass is 9.81. The van der Waals surface area contributed by atoms with Crippen LogP contribution in [0.4, 0.5) is 0 Å². The minimum Gasteiger partial charge on any atom is -0.477 e. The molecule has 0 aromatic carbocycles. The Hall–Kier alpha value is -1.40. The van der Waals surface area contributed by atoms with Crippen LogP contribution in [0.5, 0.6) is 0 Å². The molecule has 1 amide bonds. The van der Waals surface area contributed by atoms with Crippen LogP contribution in [0.25, 0.3) is 0 Å². The van der Waals surface area contributed by atoms with Crippen LogP contribution in [0.3, 0.4) is 0 Å². The summed E-state index contributed by atoms with van der Waals surface area (Å²) in [7, 11) is 0. The summed E-state index contributed by atoms with van der Waals surface area (Å²) < 4.78 is 0. The van der Waals surface area contributed by atoms with Crippen molar-refractivity contribution in [1.29, 1.82) is 0 Å². The van der Waals surface area contributed by atoms with E-state index in [0.29, 0.717) is 18.7 Å². The minimum absolute atomic E-state index is 0.0996. The predicted molar refractivity (Wildman–Crippen MR) is 71.6 cm³/mol. The van der Waals surface area contributed by atoms with Crippen LogP contribution in [0.15, 0.2) is 11.4 Å². The predicted octanol–water partition coefficient (Wildman–Crippen LogP) is 1.68. The zero-order valence-corrected chi connectivity index (χ0v) is 11.6. The Labute approximate surface area is 115 Å². The molecule has 1 aliphatic rings. The Morgan fingerprint density at radius 2 is 2.05 bits per heavy atom. The Morgan fingerprint density at radius 1 is 1.42 bits per heavy atom. The van der Waals surface area contributed by atoms with Crippen molar-refractivity contribution >= 4 is 23.2 Å². The molecule has 2 N–H and O–H groups in total. The summed E-state index contributed by atoms with van der Waals surface area (Å²) in [5, 5.41) is 19.7. The zero-order valence-electron chi connectivity index (χ0n) is 10.8. The molecule has 0 bridgehead atoms. The van der Waals surface area contributed by atoms with E-state index in [9.17, 15) is 14.7 Å². The molecule has 0 radical (unpaired) electrons. The lowest BCUT2D eigenvalue weighted by Crippen LogP contribution is -2.43. The number of aliphatic hydroxyl groups is 1. The first-order valence-corrected chi connectivity index (χ1v) is 7.05. The van der Waals surface area contributed by atoms with Crippen molar-refractivity contribution in [3.05, 3.63) is 21.9 Å². The van der Waals surface area contributed by atoms with Crippen molar-refractivity contribution in [2.45, 2.75) is 19.8 Å². The van der Waals surface area contributed by atoms with E-state index >= 15 is 0 Å². The second-order valence-electron chi connectivity index (χ2n) is 5.27. The quantitative estimate of drug-likeness (QED) is 0.884. The first-order valence-electron chi connectivity index (χ1n) is 6.17. The SMILES string of the molecule is CC1(CO)CCN(C(=O)c2csc(C(=O)O)c2)CC1. The first kappa shape index (κ1) is 14.0. The van der Waals surface area contributed by atoms with Crippen LogP contribution in [-0.4, -0.2) is 46.7 Å². The van der Waals surface area contributed by atoms with E-state index in [4.69, 9.17) is 5.11 Å². The van der Waals surface area contributed by atoms with Crippen molar-refractivity contribution in [2.24, 2.45) is 5.41 Å². The van der Waals surface area contributed by atoms with Crippen molar-refractivity contribution in [3.63, 3.8) is 0 Å². The van der Waals surface area contributed by atoms with Gasteiger partial charge in [-0.25, -0.2) is 4.79 Å². The van der Waals surface area contributed by atoms with E-state index in [2.05, 4.69) is 0 Å². The standard InChI is InChI=1S/C13H17NO4S/c1-13(8-15)2-4-14(5-3-13)11(16)9-6-10(12(17)18)19-7-9/h6-7,15H,2-5,8H2,1H3,(H,17,18). The van der Waals surface area contributed by atoms with Gasteiger partial charge in [0, 0.05) is 25.1 Å². The highest BCUT2D eigenvalue weighted by Crippen LogP contribution is 2.31. The second-order valence-corrected chi connectivity index (χ2v) is 6.18. The molecular formula is C13H17NO4S. The van der Waals surface area contributed by atoms with Crippen molar-refractivity contribution in [3.8, 4) is 0 Å². The molecule has 0 saturated carbocycles. The molecule has 1 aromatic heterocycles. The van der Waals surface area contributed by atoms with Gasteiger partial charge in [0.05, 0.1) is 5.56 Å². The molecule has 1 aliphatic heterocycles. The number of carboxylic acids is 1. The Kier molecular flexibility index (Phi) is 3.91. The summed E-state index contributed by atoms with van der Waals surface area (Å²) in [6.45, 7) is 3.36. The Balaban J connectivity index is 2.03. The highest BCUT2D eigenvalue weighted by molar-refractivity contribution is 7.12. The third-order valence-corrected chi connectivity index (χ3v) is 4.61. The molecule has 2 heterocycles. The van der Waals surface area contributed by atoms with Gasteiger partial charge in [0.2, 0.25) is 0 Å². The highest BCUT2D eigenvalue weighted by atomic mass is 32.1. The minimum atomic E-state index is -1.00. The number of rotatable bonds is 3. The van der Waals surface area contributed by atoms with Gasteiger partial charge in [0.15, 0.2) is 0 Å². The summed E-state index contributed by atoms with van der Waals surface area (Å²) in [6, 6.07) is 1.43. The van der Waals surface area contributed by atoms with Crippen molar-refractivity contribution in [2.75, 3.05) is 19.7 Å². The number of amides is 1. The summed E-state index contributed by atoms with van der Waals surface area (Å²) >= 11 is 1.07. The van der Waals surface area contributed by atoms with Crippen LogP contribution in [0.2, 0.25) is 0 Å². The molecule has 0 atom stereocenters. The van der Waals surface area contributed by atoms with Crippen molar-refractivity contribution < 1.29 is 19.8 Å². The van der Waals surface area contributed by atoms with Gasteiger partial charge in [0.25, 0.3) is 5.91 Å². The Bertz CT molecular complexity index is 489. The van der Waals surface area contributed by atoms with Gasteiger partial charge in [-0.1, -0.05) is 6.92 Å². The van der Waals surface area contributed by atoms with Gasteiger partial charge in [-0.2, -0.15) is 0 Å². The molecule has 19 heavy (non-hydrogen) atoms. The number of carbonyl (C=O) groups is 2. The molecule has 0 aliphatic carbocycles. The first-order chi connectivity index (χ1) is 8.95. The molecule has 5 nitrogen and oxygen atoms in total. The second kappa shape index (κ2) is 5.30. The average Bonchev–Trinajstić information content (AvgIpc) is 2.88. The van der Waals surface area contributed by atoms with Gasteiger partial charge < -0.3 is 15.1 Å². The monoisotopic (exact) mass is 283 g/mol. The number of carbonyl (C=O) groups excluding carboxylic acids is 1. The van der Waals surface area contributed by atoms with Crippen LogP contribution in [0, 0.1) is 5.41 Å². The van der Waals surface area contributed by atoms with Gasteiger partial charge in [-0.15, -0.1) is 11.3 Å². The molecule has 1 aromatic rings. The van der Waals surface area contributed by atoms with E-state index in [1.165, 1.54) is 6.07 Å². The van der Waals surface area contributed by atoms with Gasteiger partial charge >= 0.3 is 5.97 Å². The molecule has 104 valence electrons. The maximum Gasteiger partial charge on any atom is 0.345 e. The van der Waals surface area contributed by atoms with Crippen LogP contribution >= 0.6 is 11.3 Å². The maximum atomic E-state index is 12.2. The number of aliphatic hydroxyl groups excluding tert-OH is 1. The molecule has 2 rings (SSSR count). The van der Waals surface area contributed by atoms with Crippen LogP contribution in [0.1, 0.15) is 39.8 Å². The molecule has 0 unspecified atom stereocenters. The highest BCUT2D eigenvalue weighted by Gasteiger charge is 2.31. The normalized spacial score (nSPS) is 18.3. The van der Waals surface area contributed by atoms with E-state index in [-0.39, 0.29) is 22.8 Å². The maximum absolute atomic E-state index is 12.2. The lowest BCUT2D eigenvalue weighted by molar-refractivity contribution is 0.0440. The lowest BCUT2D eigenvalue weighted by Gasteiger charge is -2.38. The number of piperidine rings is 1. The number of aromatic carboxylic acids is 1. The van der Waals surface area contributed by atoms with Gasteiger partial charge in [-0.05, 0) is 24.3 Å². The fraction of sp³-hybridized carbons (Fsp3) is 0.538. The van der Waals surface area contributed by atoms with E-state index in [1.807, 2.05) is 6.92 Å². The molecule has 1 saturated heterocycles. The Morgan fingerprint density at radius 3 is 2.53 bits per heavy atom. The molecular weight excluding hydrogens is 266 g/mol. The fourth-order valence-electron chi connectivity index (χ4n) is 2.15. The van der Waals surface area contributed by atoms with Gasteiger partial charge in [0.1, 0.15) is 4.88 Å². The average molecular weight is 283 g/mol.